The number of benzene rings is 1. The summed E-state index contributed by atoms with van der Waals surface area (Å²) in [6.07, 6.45) is 3.86. The second-order valence-corrected chi connectivity index (χ2v) is 5.37. The van der Waals surface area contributed by atoms with Crippen molar-refractivity contribution in [2.24, 2.45) is 5.10 Å². The summed E-state index contributed by atoms with van der Waals surface area (Å²) in [5.74, 6) is 0.202. The molecule has 0 aliphatic carbocycles. The maximum absolute atomic E-state index is 11.9. The van der Waals surface area contributed by atoms with Gasteiger partial charge in [0.25, 0.3) is 0 Å². The molecule has 7 nitrogen and oxygen atoms in total. The van der Waals surface area contributed by atoms with Gasteiger partial charge in [-0.15, -0.1) is 15.3 Å². The number of unbranched alkanes of at least 4 members (excludes halogenated alkanes) is 1. The van der Waals surface area contributed by atoms with E-state index in [0.717, 1.165) is 12.8 Å². The van der Waals surface area contributed by atoms with Gasteiger partial charge in [-0.3, -0.25) is 5.32 Å². The van der Waals surface area contributed by atoms with Gasteiger partial charge in [0.15, 0.2) is 5.84 Å². The summed E-state index contributed by atoms with van der Waals surface area (Å²) in [6, 6.07) is 4.86. The second kappa shape index (κ2) is 11.4. The average Bonchev–Trinajstić information content (AvgIpc) is 3.09. The number of ether oxygens (including phenoxy) is 1. The summed E-state index contributed by atoms with van der Waals surface area (Å²) in [4.78, 5) is 11.9. The summed E-state index contributed by atoms with van der Waals surface area (Å²) >= 11 is 12.1. The number of nitrogens with zero attached hydrogens (tertiary/aromatic N) is 4. The van der Waals surface area contributed by atoms with Crippen LogP contribution in [0, 0.1) is 0 Å². The smallest absolute Gasteiger partial charge is 0.412 e. The molecule has 0 aliphatic rings. The van der Waals surface area contributed by atoms with Gasteiger partial charge in [-0.05, 0) is 24.6 Å². The Balaban J connectivity index is 0.00000151. The maximum atomic E-state index is 11.9. The maximum Gasteiger partial charge on any atom is 0.412 e. The Morgan fingerprint density at radius 1 is 1.28 bits per heavy atom. The van der Waals surface area contributed by atoms with Crippen LogP contribution in [0.1, 0.15) is 39.2 Å². The lowest BCUT2D eigenvalue weighted by molar-refractivity contribution is 0.150. The molecule has 1 heterocycles. The monoisotopic (exact) mass is 385 g/mol. The summed E-state index contributed by atoms with van der Waals surface area (Å²) in [5.41, 5.74) is 0.497. The lowest BCUT2D eigenvalue weighted by Crippen LogP contribution is -2.33. The number of hydrogen-bond acceptors (Lipinski definition) is 5. The van der Waals surface area contributed by atoms with Crippen molar-refractivity contribution in [2.45, 2.75) is 33.6 Å². The van der Waals surface area contributed by atoms with Gasteiger partial charge >= 0.3 is 6.09 Å². The van der Waals surface area contributed by atoms with Crippen LogP contribution >= 0.6 is 23.2 Å². The van der Waals surface area contributed by atoms with Crippen LogP contribution in [0.25, 0.3) is 0 Å². The quantitative estimate of drug-likeness (QED) is 0.471. The SMILES string of the molecule is CC.CCCCOC(=O)N/C(=N\n1cnnc1)c1ccc(Cl)cc1Cl. The van der Waals surface area contributed by atoms with E-state index in [4.69, 9.17) is 27.9 Å². The van der Waals surface area contributed by atoms with Crippen molar-refractivity contribution in [1.29, 1.82) is 0 Å². The second-order valence-electron chi connectivity index (χ2n) is 4.53. The molecular weight excluding hydrogens is 365 g/mol. The highest BCUT2D eigenvalue weighted by Gasteiger charge is 2.14. The fraction of sp³-hybridized carbons (Fsp3) is 0.375. The normalized spacial score (nSPS) is 10.7. The number of alkyl carbamates (subject to hydrolysis) is 1. The fourth-order valence-corrected chi connectivity index (χ4v) is 2.13. The first-order valence-electron chi connectivity index (χ1n) is 7.93. The van der Waals surface area contributed by atoms with Gasteiger partial charge < -0.3 is 4.74 Å². The fourth-order valence-electron chi connectivity index (χ4n) is 1.63. The van der Waals surface area contributed by atoms with Crippen molar-refractivity contribution in [3.63, 3.8) is 0 Å². The van der Waals surface area contributed by atoms with E-state index in [1.807, 2.05) is 20.8 Å². The molecule has 0 spiro atoms. The van der Waals surface area contributed by atoms with Gasteiger partial charge in [-0.25, -0.2) is 9.47 Å². The van der Waals surface area contributed by atoms with Crippen LogP contribution in [0.4, 0.5) is 4.79 Å². The van der Waals surface area contributed by atoms with Crippen LogP contribution in [0.15, 0.2) is 36.0 Å². The van der Waals surface area contributed by atoms with Crippen LogP contribution in [-0.2, 0) is 4.74 Å². The van der Waals surface area contributed by atoms with E-state index in [9.17, 15) is 4.79 Å². The Labute approximate surface area is 157 Å². The number of nitrogens with one attached hydrogen (secondary N) is 1. The molecule has 1 aromatic heterocycles. The Morgan fingerprint density at radius 3 is 2.56 bits per heavy atom. The molecule has 0 saturated heterocycles. The predicted molar refractivity (Wildman–Crippen MR) is 99.2 cm³/mol. The van der Waals surface area contributed by atoms with E-state index in [1.54, 1.807) is 18.2 Å². The number of halogens is 2. The highest BCUT2D eigenvalue weighted by Crippen LogP contribution is 2.21. The first-order valence-corrected chi connectivity index (χ1v) is 8.68. The number of rotatable bonds is 5. The first-order chi connectivity index (χ1) is 12.1. The van der Waals surface area contributed by atoms with Crippen molar-refractivity contribution in [1.82, 2.24) is 20.2 Å². The highest BCUT2D eigenvalue weighted by molar-refractivity contribution is 6.37. The van der Waals surface area contributed by atoms with Crippen molar-refractivity contribution < 1.29 is 9.53 Å². The zero-order valence-electron chi connectivity index (χ0n) is 14.4. The number of carbonyl (C=O) groups is 1. The Morgan fingerprint density at radius 2 is 1.96 bits per heavy atom. The molecule has 25 heavy (non-hydrogen) atoms. The third-order valence-electron chi connectivity index (χ3n) is 2.76. The zero-order chi connectivity index (χ0) is 18.7. The lowest BCUT2D eigenvalue weighted by Gasteiger charge is -2.11. The van der Waals surface area contributed by atoms with Gasteiger partial charge in [-0.2, -0.15) is 0 Å². The minimum atomic E-state index is -0.615. The molecular formula is C16H21Cl2N5O2. The topological polar surface area (TPSA) is 81.4 Å². The Kier molecular flexibility index (Phi) is 9.57. The van der Waals surface area contributed by atoms with Crippen LogP contribution in [0.2, 0.25) is 10.0 Å². The van der Waals surface area contributed by atoms with E-state index in [1.165, 1.54) is 17.3 Å². The van der Waals surface area contributed by atoms with Gasteiger partial charge in [0.1, 0.15) is 12.7 Å². The predicted octanol–water partition coefficient (Wildman–Crippen LogP) is 4.35. The molecule has 1 N–H and O–H groups in total. The van der Waals surface area contributed by atoms with Gasteiger partial charge in [0, 0.05) is 10.6 Å². The van der Waals surface area contributed by atoms with Gasteiger partial charge in [0.05, 0.1) is 11.6 Å². The van der Waals surface area contributed by atoms with E-state index >= 15 is 0 Å². The van der Waals surface area contributed by atoms with Crippen LogP contribution in [0.5, 0.6) is 0 Å². The highest BCUT2D eigenvalue weighted by atomic mass is 35.5. The van der Waals surface area contributed by atoms with Crippen LogP contribution in [0.3, 0.4) is 0 Å². The summed E-state index contributed by atoms with van der Waals surface area (Å²) < 4.78 is 6.42. The lowest BCUT2D eigenvalue weighted by atomic mass is 10.2. The number of hydrogen-bond donors (Lipinski definition) is 1. The standard InChI is InChI=1S/C14H15Cl2N5O2.C2H6/c1-2-3-6-23-14(22)19-13(20-21-8-17-18-9-21)11-5-4-10(15)7-12(11)16;1-2/h4-5,7-9H,2-3,6H2,1H3,(H,19,20,22);1-2H3. The number of amidine groups is 1. The minimum Gasteiger partial charge on any atom is -0.449 e. The van der Waals surface area contributed by atoms with E-state index in [0.29, 0.717) is 22.2 Å². The number of carbonyl (C=O) groups excluding carboxylic acids is 1. The van der Waals surface area contributed by atoms with Crippen molar-refractivity contribution in [3.8, 4) is 0 Å². The molecule has 0 atom stereocenters. The van der Waals surface area contributed by atoms with Crippen molar-refractivity contribution in [2.75, 3.05) is 6.61 Å². The number of aromatic nitrogens is 3. The summed E-state index contributed by atoms with van der Waals surface area (Å²) in [5, 5.41) is 14.9. The minimum absolute atomic E-state index is 0.202. The molecule has 1 amide bonds. The Bertz CT molecular complexity index is 690. The molecule has 136 valence electrons. The molecule has 0 saturated carbocycles. The third kappa shape index (κ3) is 7.11. The largest absolute Gasteiger partial charge is 0.449 e. The molecule has 9 heteroatoms. The molecule has 0 bridgehead atoms. The first kappa shape index (κ1) is 20.9. The van der Waals surface area contributed by atoms with Crippen LogP contribution in [-0.4, -0.2) is 33.4 Å². The molecule has 2 aromatic rings. The summed E-state index contributed by atoms with van der Waals surface area (Å²) in [6.45, 7) is 6.34. The molecule has 0 fully saturated rings. The van der Waals surface area contributed by atoms with Gasteiger partial charge in [-0.1, -0.05) is 50.4 Å². The average molecular weight is 386 g/mol. The van der Waals surface area contributed by atoms with E-state index in [2.05, 4.69) is 20.6 Å². The molecule has 0 radical (unpaired) electrons. The molecule has 0 unspecified atom stereocenters. The molecule has 2 rings (SSSR count). The van der Waals surface area contributed by atoms with E-state index in [-0.39, 0.29) is 5.84 Å². The molecule has 0 aliphatic heterocycles. The van der Waals surface area contributed by atoms with Crippen LogP contribution < -0.4 is 5.32 Å². The zero-order valence-corrected chi connectivity index (χ0v) is 15.9. The van der Waals surface area contributed by atoms with Gasteiger partial charge in [0.2, 0.25) is 0 Å². The van der Waals surface area contributed by atoms with Crippen molar-refractivity contribution in [3.05, 3.63) is 46.5 Å². The summed E-state index contributed by atoms with van der Waals surface area (Å²) in [7, 11) is 0. The van der Waals surface area contributed by atoms with Crippen molar-refractivity contribution >= 4 is 35.1 Å². The molecule has 1 aromatic carbocycles. The third-order valence-corrected chi connectivity index (χ3v) is 3.31. The van der Waals surface area contributed by atoms with E-state index < -0.39 is 6.09 Å². The Hall–Kier alpha value is -2.12. The number of amides is 1.